The Balaban J connectivity index is 2.25. The number of hydrogen-bond donors (Lipinski definition) is 2. The van der Waals surface area contributed by atoms with Crippen LogP contribution in [-0.2, 0) is 21.3 Å². The minimum atomic E-state index is -3.72. The Morgan fingerprint density at radius 3 is 2.54 bits per heavy atom. The molecule has 9 heteroatoms. The van der Waals surface area contributed by atoms with Crippen LogP contribution < -0.4 is 9.46 Å². The lowest BCUT2D eigenvalue weighted by molar-refractivity contribution is 0.0597. The van der Waals surface area contributed by atoms with Crippen molar-refractivity contribution in [3.63, 3.8) is 0 Å². The number of carbonyl (C=O) groups is 1. The SMILES string of the molecule is COC(=O)c1cc(CNS(=O)(=O)c2c(C)n[nH]c2C)ccc1OC. The van der Waals surface area contributed by atoms with Crippen LogP contribution in [0.2, 0.25) is 0 Å². The molecule has 8 nitrogen and oxygen atoms in total. The van der Waals surface area contributed by atoms with Crippen LogP contribution in [0.25, 0.3) is 0 Å². The summed E-state index contributed by atoms with van der Waals surface area (Å²) in [4.78, 5) is 11.9. The summed E-state index contributed by atoms with van der Waals surface area (Å²) in [6.45, 7) is 3.26. The van der Waals surface area contributed by atoms with Crippen LogP contribution in [-0.4, -0.2) is 38.8 Å². The number of methoxy groups -OCH3 is 2. The molecule has 24 heavy (non-hydrogen) atoms. The molecule has 2 N–H and O–H groups in total. The first kappa shape index (κ1) is 18.0. The Bertz CT molecular complexity index is 838. The second kappa shape index (κ2) is 7.02. The third-order valence-corrected chi connectivity index (χ3v) is 5.13. The predicted octanol–water partition coefficient (Wildman–Crippen LogP) is 1.30. The van der Waals surface area contributed by atoms with Crippen LogP contribution in [0.15, 0.2) is 23.1 Å². The summed E-state index contributed by atoms with van der Waals surface area (Å²) in [5.41, 5.74) is 1.68. The van der Waals surface area contributed by atoms with Crippen molar-refractivity contribution in [1.29, 1.82) is 0 Å². The molecule has 1 aromatic carbocycles. The summed E-state index contributed by atoms with van der Waals surface area (Å²) in [6.07, 6.45) is 0. The number of aromatic nitrogens is 2. The molecule has 0 aliphatic heterocycles. The minimum absolute atomic E-state index is 0.0143. The zero-order valence-corrected chi connectivity index (χ0v) is 14.7. The number of benzene rings is 1. The molecule has 0 aliphatic carbocycles. The van der Waals surface area contributed by atoms with Crippen molar-refractivity contribution in [3.8, 4) is 5.75 Å². The number of esters is 1. The number of hydrogen-bond acceptors (Lipinski definition) is 6. The van der Waals surface area contributed by atoms with Gasteiger partial charge in [0.05, 0.1) is 25.6 Å². The van der Waals surface area contributed by atoms with E-state index in [0.29, 0.717) is 22.7 Å². The van der Waals surface area contributed by atoms with Gasteiger partial charge in [0.2, 0.25) is 10.0 Å². The van der Waals surface area contributed by atoms with Gasteiger partial charge in [0.25, 0.3) is 0 Å². The number of ether oxygens (including phenoxy) is 2. The average molecular weight is 353 g/mol. The topological polar surface area (TPSA) is 110 Å². The van der Waals surface area contributed by atoms with Crippen molar-refractivity contribution in [3.05, 3.63) is 40.7 Å². The zero-order chi connectivity index (χ0) is 17.9. The second-order valence-corrected chi connectivity index (χ2v) is 6.82. The highest BCUT2D eigenvalue weighted by Crippen LogP contribution is 2.22. The molecule has 0 saturated carbocycles. The van der Waals surface area contributed by atoms with E-state index in [1.54, 1.807) is 26.0 Å². The van der Waals surface area contributed by atoms with Crippen LogP contribution in [0.1, 0.15) is 27.3 Å². The fourth-order valence-corrected chi connectivity index (χ4v) is 3.71. The lowest BCUT2D eigenvalue weighted by atomic mass is 10.1. The van der Waals surface area contributed by atoms with E-state index in [1.165, 1.54) is 20.3 Å². The monoisotopic (exact) mass is 353 g/mol. The molecule has 0 radical (unpaired) electrons. The molecule has 0 saturated heterocycles. The van der Waals surface area contributed by atoms with Gasteiger partial charge in [0, 0.05) is 6.54 Å². The van der Waals surface area contributed by atoms with Gasteiger partial charge >= 0.3 is 5.97 Å². The lowest BCUT2D eigenvalue weighted by Crippen LogP contribution is -2.24. The van der Waals surface area contributed by atoms with Gasteiger partial charge in [0.15, 0.2) is 0 Å². The average Bonchev–Trinajstić information content (AvgIpc) is 2.91. The Labute approximate surface area is 140 Å². The minimum Gasteiger partial charge on any atom is -0.496 e. The summed E-state index contributed by atoms with van der Waals surface area (Å²) in [5.74, 6) is -0.201. The molecule has 1 aromatic heterocycles. The summed E-state index contributed by atoms with van der Waals surface area (Å²) >= 11 is 0. The molecule has 130 valence electrons. The highest BCUT2D eigenvalue weighted by molar-refractivity contribution is 7.89. The molecular weight excluding hydrogens is 334 g/mol. The normalized spacial score (nSPS) is 11.3. The van der Waals surface area contributed by atoms with E-state index in [1.807, 2.05) is 0 Å². The molecule has 0 fully saturated rings. The Hall–Kier alpha value is -2.39. The van der Waals surface area contributed by atoms with E-state index in [2.05, 4.69) is 14.9 Å². The molecule has 0 unspecified atom stereocenters. The number of aryl methyl sites for hydroxylation is 2. The number of carbonyl (C=O) groups excluding carboxylic acids is 1. The number of rotatable bonds is 6. The Kier molecular flexibility index (Phi) is 5.25. The van der Waals surface area contributed by atoms with E-state index in [9.17, 15) is 13.2 Å². The van der Waals surface area contributed by atoms with Gasteiger partial charge in [-0.05, 0) is 31.5 Å². The summed E-state index contributed by atoms with van der Waals surface area (Å²) in [6, 6.07) is 4.79. The number of nitrogens with one attached hydrogen (secondary N) is 2. The molecule has 0 atom stereocenters. The fourth-order valence-electron chi connectivity index (χ4n) is 2.32. The number of sulfonamides is 1. The van der Waals surface area contributed by atoms with E-state index in [0.717, 1.165) is 0 Å². The third kappa shape index (κ3) is 3.57. The van der Waals surface area contributed by atoms with Crippen molar-refractivity contribution in [2.75, 3.05) is 14.2 Å². The molecule has 2 aromatic rings. The van der Waals surface area contributed by atoms with Crippen molar-refractivity contribution in [2.45, 2.75) is 25.3 Å². The van der Waals surface area contributed by atoms with Gasteiger partial charge in [-0.15, -0.1) is 0 Å². The van der Waals surface area contributed by atoms with Crippen molar-refractivity contribution in [1.82, 2.24) is 14.9 Å². The van der Waals surface area contributed by atoms with Crippen LogP contribution >= 0.6 is 0 Å². The zero-order valence-electron chi connectivity index (χ0n) is 13.8. The number of H-pyrrole nitrogens is 1. The molecule has 0 spiro atoms. The molecule has 0 bridgehead atoms. The predicted molar refractivity (Wildman–Crippen MR) is 86.4 cm³/mol. The smallest absolute Gasteiger partial charge is 0.341 e. The second-order valence-electron chi connectivity index (χ2n) is 5.11. The van der Waals surface area contributed by atoms with Gasteiger partial charge in [-0.3, -0.25) is 5.10 Å². The molecule has 1 heterocycles. The van der Waals surface area contributed by atoms with Crippen molar-refractivity contribution >= 4 is 16.0 Å². The Morgan fingerprint density at radius 1 is 1.29 bits per heavy atom. The molecular formula is C15H19N3O5S. The summed E-state index contributed by atoms with van der Waals surface area (Å²) in [5, 5.41) is 6.53. The van der Waals surface area contributed by atoms with Gasteiger partial charge in [-0.1, -0.05) is 6.07 Å². The van der Waals surface area contributed by atoms with Crippen molar-refractivity contribution in [2.24, 2.45) is 0 Å². The van der Waals surface area contributed by atoms with Crippen LogP contribution in [0.3, 0.4) is 0 Å². The van der Waals surface area contributed by atoms with E-state index >= 15 is 0 Å². The van der Waals surface area contributed by atoms with Gasteiger partial charge in [-0.2, -0.15) is 5.10 Å². The lowest BCUT2D eigenvalue weighted by Gasteiger charge is -2.10. The first-order valence-corrected chi connectivity index (χ1v) is 8.55. The largest absolute Gasteiger partial charge is 0.496 e. The van der Waals surface area contributed by atoms with E-state index in [4.69, 9.17) is 9.47 Å². The number of nitrogens with zero attached hydrogens (tertiary/aromatic N) is 1. The van der Waals surface area contributed by atoms with Gasteiger partial charge < -0.3 is 9.47 Å². The van der Waals surface area contributed by atoms with Crippen LogP contribution in [0.4, 0.5) is 0 Å². The van der Waals surface area contributed by atoms with E-state index in [-0.39, 0.29) is 17.0 Å². The van der Waals surface area contributed by atoms with Crippen LogP contribution in [0, 0.1) is 13.8 Å². The molecule has 0 amide bonds. The molecule has 0 aliphatic rings. The maximum absolute atomic E-state index is 12.4. The summed E-state index contributed by atoms with van der Waals surface area (Å²) in [7, 11) is -1.02. The Morgan fingerprint density at radius 2 is 2.00 bits per heavy atom. The van der Waals surface area contributed by atoms with E-state index < -0.39 is 16.0 Å². The van der Waals surface area contributed by atoms with Gasteiger partial charge in [0.1, 0.15) is 16.2 Å². The highest BCUT2D eigenvalue weighted by Gasteiger charge is 2.22. The molecule has 2 rings (SSSR count). The van der Waals surface area contributed by atoms with Crippen molar-refractivity contribution < 1.29 is 22.7 Å². The quantitative estimate of drug-likeness (QED) is 0.758. The summed E-state index contributed by atoms with van der Waals surface area (Å²) < 4.78 is 37.1. The highest BCUT2D eigenvalue weighted by atomic mass is 32.2. The standard InChI is InChI=1S/C15H19N3O5S/c1-9-14(10(2)18-17-9)24(20,21)16-8-11-5-6-13(22-3)12(7-11)15(19)23-4/h5-7,16H,8H2,1-4H3,(H,17,18). The maximum Gasteiger partial charge on any atom is 0.341 e. The number of aromatic amines is 1. The first-order valence-electron chi connectivity index (χ1n) is 7.06. The fraction of sp³-hybridized carbons (Fsp3) is 0.333. The maximum atomic E-state index is 12.4. The first-order chi connectivity index (χ1) is 11.3. The van der Waals surface area contributed by atoms with Crippen LogP contribution in [0.5, 0.6) is 5.75 Å². The third-order valence-electron chi connectivity index (χ3n) is 3.46. The van der Waals surface area contributed by atoms with Gasteiger partial charge in [-0.25, -0.2) is 17.9 Å².